The predicted molar refractivity (Wildman–Crippen MR) is 55.6 cm³/mol. The zero-order valence-corrected chi connectivity index (χ0v) is 8.29. The molecule has 0 heterocycles. The molecule has 1 aromatic carbocycles. The van der Waals surface area contributed by atoms with Gasteiger partial charge in [0.15, 0.2) is 0 Å². The van der Waals surface area contributed by atoms with Crippen LogP contribution in [-0.2, 0) is 11.2 Å². The zero-order valence-electron chi connectivity index (χ0n) is 8.29. The Hall–Kier alpha value is -1.02. The molecule has 0 radical (unpaired) electrons. The van der Waals surface area contributed by atoms with E-state index < -0.39 is 0 Å². The van der Waals surface area contributed by atoms with Gasteiger partial charge in [-0.25, -0.2) is 0 Å². The fourth-order valence-corrected chi connectivity index (χ4v) is 1.33. The number of hydrogen-bond acceptors (Lipinski definition) is 2. The standard InChI is InChI=1S/C11H17NO/c1-3-13-9(2)8-10-4-6-11(12)7-5-10/h4-7,9H,3,8,12H2,1-2H3/t9-/m1/s1. The van der Waals surface area contributed by atoms with E-state index in [2.05, 4.69) is 6.92 Å². The van der Waals surface area contributed by atoms with Crippen molar-refractivity contribution in [3.8, 4) is 0 Å². The number of nitrogen functional groups attached to an aromatic ring is 1. The van der Waals surface area contributed by atoms with E-state index in [0.29, 0.717) is 0 Å². The molecule has 0 spiro atoms. The lowest BCUT2D eigenvalue weighted by atomic mass is 10.1. The molecule has 2 N–H and O–H groups in total. The maximum absolute atomic E-state index is 5.58. The van der Waals surface area contributed by atoms with Gasteiger partial charge in [0, 0.05) is 12.3 Å². The number of hydrogen-bond donors (Lipinski definition) is 1. The Labute approximate surface area is 79.7 Å². The summed E-state index contributed by atoms with van der Waals surface area (Å²) in [5.74, 6) is 0. The molecule has 2 heteroatoms. The van der Waals surface area contributed by atoms with Crippen LogP contribution < -0.4 is 5.73 Å². The van der Waals surface area contributed by atoms with Crippen LogP contribution in [0.1, 0.15) is 19.4 Å². The van der Waals surface area contributed by atoms with Gasteiger partial charge in [-0.15, -0.1) is 0 Å². The van der Waals surface area contributed by atoms with Crippen LogP contribution in [-0.4, -0.2) is 12.7 Å². The van der Waals surface area contributed by atoms with Crippen molar-refractivity contribution in [2.24, 2.45) is 0 Å². The molecule has 0 aliphatic heterocycles. The molecule has 0 saturated heterocycles. The molecule has 0 bridgehead atoms. The molecule has 72 valence electrons. The summed E-state index contributed by atoms with van der Waals surface area (Å²) in [5.41, 5.74) is 7.67. The maximum atomic E-state index is 5.58. The van der Waals surface area contributed by atoms with Crippen LogP contribution in [0.2, 0.25) is 0 Å². The minimum atomic E-state index is 0.286. The van der Waals surface area contributed by atoms with E-state index in [-0.39, 0.29) is 6.10 Å². The van der Waals surface area contributed by atoms with E-state index in [4.69, 9.17) is 10.5 Å². The van der Waals surface area contributed by atoms with E-state index in [1.807, 2.05) is 31.2 Å². The molecule has 0 saturated carbocycles. The quantitative estimate of drug-likeness (QED) is 0.719. The third-order valence-corrected chi connectivity index (χ3v) is 1.95. The molecule has 1 rings (SSSR count). The molecule has 1 aromatic rings. The lowest BCUT2D eigenvalue weighted by Crippen LogP contribution is -2.11. The summed E-state index contributed by atoms with van der Waals surface area (Å²) in [5, 5.41) is 0. The first kappa shape index (κ1) is 10.1. The molecule has 2 nitrogen and oxygen atoms in total. The highest BCUT2D eigenvalue weighted by Crippen LogP contribution is 2.09. The van der Waals surface area contributed by atoms with Crippen molar-refractivity contribution in [1.29, 1.82) is 0 Å². The number of benzene rings is 1. The fourth-order valence-electron chi connectivity index (χ4n) is 1.33. The summed E-state index contributed by atoms with van der Waals surface area (Å²) in [4.78, 5) is 0. The fraction of sp³-hybridized carbons (Fsp3) is 0.455. The van der Waals surface area contributed by atoms with Gasteiger partial charge in [-0.1, -0.05) is 12.1 Å². The Bertz CT molecular complexity index is 243. The van der Waals surface area contributed by atoms with Crippen molar-refractivity contribution in [1.82, 2.24) is 0 Å². The average Bonchev–Trinajstić information content (AvgIpc) is 2.09. The minimum Gasteiger partial charge on any atom is -0.399 e. The van der Waals surface area contributed by atoms with Crippen LogP contribution in [0.25, 0.3) is 0 Å². The molecule has 0 aromatic heterocycles. The summed E-state index contributed by atoms with van der Waals surface area (Å²) in [6, 6.07) is 7.94. The number of rotatable bonds is 4. The highest BCUT2D eigenvalue weighted by Gasteiger charge is 2.01. The second-order valence-electron chi connectivity index (χ2n) is 3.21. The average molecular weight is 179 g/mol. The summed E-state index contributed by atoms with van der Waals surface area (Å²) < 4.78 is 5.44. The molecule has 0 aliphatic carbocycles. The Morgan fingerprint density at radius 3 is 2.46 bits per heavy atom. The third-order valence-electron chi connectivity index (χ3n) is 1.95. The normalized spacial score (nSPS) is 12.8. The number of nitrogens with two attached hydrogens (primary N) is 1. The molecule has 0 fully saturated rings. The van der Waals surface area contributed by atoms with Crippen LogP contribution in [0.4, 0.5) is 5.69 Å². The van der Waals surface area contributed by atoms with Gasteiger partial charge in [-0.05, 0) is 38.0 Å². The second kappa shape index (κ2) is 4.87. The summed E-state index contributed by atoms with van der Waals surface area (Å²) >= 11 is 0. The second-order valence-corrected chi connectivity index (χ2v) is 3.21. The van der Waals surface area contributed by atoms with Crippen LogP contribution in [0, 0.1) is 0 Å². The van der Waals surface area contributed by atoms with Crippen molar-refractivity contribution in [3.05, 3.63) is 29.8 Å². The lowest BCUT2D eigenvalue weighted by molar-refractivity contribution is 0.0768. The molecule has 0 aliphatic rings. The zero-order chi connectivity index (χ0) is 9.68. The number of ether oxygens (including phenoxy) is 1. The Morgan fingerprint density at radius 1 is 1.31 bits per heavy atom. The van der Waals surface area contributed by atoms with Gasteiger partial charge < -0.3 is 10.5 Å². The van der Waals surface area contributed by atoms with Crippen LogP contribution in [0.3, 0.4) is 0 Å². The van der Waals surface area contributed by atoms with Gasteiger partial charge in [0.1, 0.15) is 0 Å². The van der Waals surface area contributed by atoms with Crippen molar-refractivity contribution in [2.75, 3.05) is 12.3 Å². The predicted octanol–water partition coefficient (Wildman–Crippen LogP) is 2.24. The van der Waals surface area contributed by atoms with E-state index in [1.165, 1.54) is 5.56 Å². The van der Waals surface area contributed by atoms with Gasteiger partial charge in [0.2, 0.25) is 0 Å². The molecular weight excluding hydrogens is 162 g/mol. The molecule has 0 unspecified atom stereocenters. The maximum Gasteiger partial charge on any atom is 0.0587 e. The minimum absolute atomic E-state index is 0.286. The first-order chi connectivity index (χ1) is 6.22. The first-order valence-electron chi connectivity index (χ1n) is 4.68. The Balaban J connectivity index is 2.49. The molecule has 0 amide bonds. The van der Waals surface area contributed by atoms with E-state index in [9.17, 15) is 0 Å². The monoisotopic (exact) mass is 179 g/mol. The van der Waals surface area contributed by atoms with Crippen molar-refractivity contribution < 1.29 is 4.74 Å². The van der Waals surface area contributed by atoms with Crippen LogP contribution in [0.5, 0.6) is 0 Å². The van der Waals surface area contributed by atoms with Crippen molar-refractivity contribution in [3.63, 3.8) is 0 Å². The highest BCUT2D eigenvalue weighted by molar-refractivity contribution is 5.39. The van der Waals surface area contributed by atoms with Crippen LogP contribution in [0.15, 0.2) is 24.3 Å². The Kier molecular flexibility index (Phi) is 3.77. The van der Waals surface area contributed by atoms with E-state index in [1.54, 1.807) is 0 Å². The van der Waals surface area contributed by atoms with Crippen LogP contribution >= 0.6 is 0 Å². The molecule has 1 atom stereocenters. The smallest absolute Gasteiger partial charge is 0.0587 e. The molecule has 13 heavy (non-hydrogen) atoms. The molecular formula is C11H17NO. The summed E-state index contributed by atoms with van der Waals surface area (Å²) in [6.07, 6.45) is 1.24. The first-order valence-corrected chi connectivity index (χ1v) is 4.68. The largest absolute Gasteiger partial charge is 0.399 e. The topological polar surface area (TPSA) is 35.2 Å². The van der Waals surface area contributed by atoms with Gasteiger partial charge in [-0.2, -0.15) is 0 Å². The third kappa shape index (κ3) is 3.47. The SMILES string of the molecule is CCO[C@H](C)Cc1ccc(N)cc1. The summed E-state index contributed by atoms with van der Waals surface area (Å²) in [7, 11) is 0. The van der Waals surface area contributed by atoms with Gasteiger partial charge in [0.05, 0.1) is 6.10 Å². The van der Waals surface area contributed by atoms with Gasteiger partial charge in [0.25, 0.3) is 0 Å². The van der Waals surface area contributed by atoms with Crippen molar-refractivity contribution >= 4 is 5.69 Å². The van der Waals surface area contributed by atoms with Gasteiger partial charge >= 0.3 is 0 Å². The van der Waals surface area contributed by atoms with E-state index >= 15 is 0 Å². The number of anilines is 1. The lowest BCUT2D eigenvalue weighted by Gasteiger charge is -2.11. The van der Waals surface area contributed by atoms with Gasteiger partial charge in [-0.3, -0.25) is 0 Å². The highest BCUT2D eigenvalue weighted by atomic mass is 16.5. The van der Waals surface area contributed by atoms with Crippen molar-refractivity contribution in [2.45, 2.75) is 26.4 Å². The van der Waals surface area contributed by atoms with E-state index in [0.717, 1.165) is 18.7 Å². The summed E-state index contributed by atoms with van der Waals surface area (Å²) in [6.45, 7) is 4.87. The Morgan fingerprint density at radius 2 is 1.92 bits per heavy atom.